The molecule has 1 aromatic rings. The summed E-state index contributed by atoms with van der Waals surface area (Å²) in [5.41, 5.74) is -0.625. The minimum Gasteiger partial charge on any atom is -0.444 e. The van der Waals surface area contributed by atoms with Crippen molar-refractivity contribution in [3.05, 3.63) is 30.1 Å². The van der Waals surface area contributed by atoms with Crippen molar-refractivity contribution in [2.24, 2.45) is 0 Å². The van der Waals surface area contributed by atoms with E-state index in [0.717, 1.165) is 12.1 Å². The molecular formula is C16H22FNO4S. The minimum absolute atomic E-state index is 0.0786. The molecule has 1 aliphatic heterocycles. The van der Waals surface area contributed by atoms with E-state index < -0.39 is 32.6 Å². The van der Waals surface area contributed by atoms with Gasteiger partial charge in [-0.05, 0) is 57.9 Å². The van der Waals surface area contributed by atoms with Gasteiger partial charge in [-0.25, -0.2) is 17.6 Å². The summed E-state index contributed by atoms with van der Waals surface area (Å²) in [4.78, 5) is 13.6. The van der Waals surface area contributed by atoms with E-state index >= 15 is 0 Å². The number of piperidine rings is 1. The summed E-state index contributed by atoms with van der Waals surface area (Å²) in [6.45, 7) is 5.86. The van der Waals surface area contributed by atoms with E-state index in [-0.39, 0.29) is 11.4 Å². The van der Waals surface area contributed by atoms with Crippen LogP contribution in [0.5, 0.6) is 0 Å². The Morgan fingerprint density at radius 2 is 1.87 bits per heavy atom. The van der Waals surface area contributed by atoms with Gasteiger partial charge < -0.3 is 9.64 Å². The van der Waals surface area contributed by atoms with Crippen molar-refractivity contribution in [2.45, 2.75) is 49.4 Å². The summed E-state index contributed by atoms with van der Waals surface area (Å²) >= 11 is 0. The summed E-state index contributed by atoms with van der Waals surface area (Å²) in [6.07, 6.45) is 0.556. The highest BCUT2D eigenvalue weighted by atomic mass is 32.2. The average Bonchev–Trinajstić information content (AvgIpc) is 2.46. The lowest BCUT2D eigenvalue weighted by Crippen LogP contribution is -2.47. The second kappa shape index (κ2) is 6.47. The van der Waals surface area contributed by atoms with Gasteiger partial charge >= 0.3 is 6.09 Å². The van der Waals surface area contributed by atoms with Crippen LogP contribution in [-0.4, -0.2) is 43.4 Å². The summed E-state index contributed by atoms with van der Waals surface area (Å²) in [5.74, 6) is -0.483. The van der Waals surface area contributed by atoms with Crippen LogP contribution in [0, 0.1) is 5.82 Å². The van der Waals surface area contributed by atoms with Crippen LogP contribution in [0.2, 0.25) is 0 Å². The molecule has 23 heavy (non-hydrogen) atoms. The van der Waals surface area contributed by atoms with Gasteiger partial charge in [0.25, 0.3) is 0 Å². The molecule has 1 aliphatic rings. The number of sulfone groups is 1. The molecule has 5 nitrogen and oxygen atoms in total. The maximum Gasteiger partial charge on any atom is 0.410 e. The second-order valence-electron chi connectivity index (χ2n) is 6.69. The van der Waals surface area contributed by atoms with Crippen LogP contribution in [0.4, 0.5) is 9.18 Å². The lowest BCUT2D eigenvalue weighted by Gasteiger charge is -2.33. The fourth-order valence-electron chi connectivity index (χ4n) is 2.50. The molecule has 0 aromatic heterocycles. The topological polar surface area (TPSA) is 63.7 Å². The third-order valence-corrected chi connectivity index (χ3v) is 5.80. The molecule has 0 radical (unpaired) electrons. The first-order valence-electron chi connectivity index (χ1n) is 7.57. The van der Waals surface area contributed by atoms with E-state index in [4.69, 9.17) is 4.74 Å². The first kappa shape index (κ1) is 17.7. The molecule has 1 fully saturated rings. The fourth-order valence-corrected chi connectivity index (χ4v) is 4.25. The lowest BCUT2D eigenvalue weighted by atomic mass is 10.1. The maximum atomic E-state index is 13.0. The van der Waals surface area contributed by atoms with Gasteiger partial charge in [0.1, 0.15) is 11.4 Å². The molecule has 0 N–H and O–H groups in total. The number of halogens is 1. The SMILES string of the molecule is CC(C)(C)OC(=O)N1CCC[C@@H](S(=O)(=O)c2ccc(F)cc2)C1. The second-order valence-corrected chi connectivity index (χ2v) is 8.92. The van der Waals surface area contributed by atoms with Gasteiger partial charge in [-0.3, -0.25) is 0 Å². The monoisotopic (exact) mass is 343 g/mol. The Morgan fingerprint density at radius 1 is 1.26 bits per heavy atom. The number of nitrogens with zero attached hydrogens (tertiary/aromatic N) is 1. The Bertz CT molecular complexity index is 664. The lowest BCUT2D eigenvalue weighted by molar-refractivity contribution is 0.0219. The zero-order chi connectivity index (χ0) is 17.3. The van der Waals surface area contributed by atoms with E-state index in [2.05, 4.69) is 0 Å². The number of rotatable bonds is 2. The molecule has 0 unspecified atom stereocenters. The first-order valence-corrected chi connectivity index (χ1v) is 9.11. The van der Waals surface area contributed by atoms with Gasteiger partial charge in [-0.15, -0.1) is 0 Å². The maximum absolute atomic E-state index is 13.0. The molecule has 2 rings (SSSR count). The number of amides is 1. The molecular weight excluding hydrogens is 321 g/mol. The van der Waals surface area contributed by atoms with Gasteiger partial charge in [-0.2, -0.15) is 0 Å². The summed E-state index contributed by atoms with van der Waals surface area (Å²) < 4.78 is 43.6. The molecule has 0 aliphatic carbocycles. The third-order valence-electron chi connectivity index (χ3n) is 3.61. The predicted molar refractivity (Wildman–Crippen MR) is 84.4 cm³/mol. The molecule has 128 valence electrons. The number of carbonyl (C=O) groups is 1. The Kier molecular flexibility index (Phi) is 4.98. The largest absolute Gasteiger partial charge is 0.444 e. The summed E-state index contributed by atoms with van der Waals surface area (Å²) in [7, 11) is -3.61. The van der Waals surface area contributed by atoms with Crippen LogP contribution < -0.4 is 0 Å². The molecule has 1 atom stereocenters. The number of ether oxygens (including phenoxy) is 1. The Balaban J connectivity index is 2.14. The highest BCUT2D eigenvalue weighted by Crippen LogP contribution is 2.25. The first-order chi connectivity index (χ1) is 10.6. The van der Waals surface area contributed by atoms with Crippen molar-refractivity contribution in [1.29, 1.82) is 0 Å². The van der Waals surface area contributed by atoms with E-state index in [1.54, 1.807) is 20.8 Å². The van der Waals surface area contributed by atoms with E-state index in [1.807, 2.05) is 0 Å². The molecule has 1 saturated heterocycles. The van der Waals surface area contributed by atoms with Gasteiger partial charge in [0.05, 0.1) is 10.1 Å². The van der Waals surface area contributed by atoms with Crippen molar-refractivity contribution in [2.75, 3.05) is 13.1 Å². The van der Waals surface area contributed by atoms with Crippen molar-refractivity contribution in [3.8, 4) is 0 Å². The summed E-state index contributed by atoms with van der Waals surface area (Å²) in [6, 6.07) is 4.77. The molecule has 0 saturated carbocycles. The molecule has 1 heterocycles. The Labute approximate surface area is 136 Å². The highest BCUT2D eigenvalue weighted by molar-refractivity contribution is 7.92. The Hall–Kier alpha value is -1.63. The number of benzene rings is 1. The predicted octanol–water partition coefficient (Wildman–Crippen LogP) is 3.00. The van der Waals surface area contributed by atoms with Crippen molar-refractivity contribution >= 4 is 15.9 Å². The van der Waals surface area contributed by atoms with Gasteiger partial charge in [0, 0.05) is 13.1 Å². The van der Waals surface area contributed by atoms with Crippen LogP contribution in [-0.2, 0) is 14.6 Å². The molecule has 1 aromatic carbocycles. The number of hydrogen-bond acceptors (Lipinski definition) is 4. The smallest absolute Gasteiger partial charge is 0.410 e. The van der Waals surface area contributed by atoms with Gasteiger partial charge in [-0.1, -0.05) is 0 Å². The zero-order valence-corrected chi connectivity index (χ0v) is 14.4. The van der Waals surface area contributed by atoms with Crippen LogP contribution in [0.3, 0.4) is 0 Å². The van der Waals surface area contributed by atoms with Crippen LogP contribution in [0.1, 0.15) is 33.6 Å². The van der Waals surface area contributed by atoms with E-state index in [0.29, 0.717) is 19.4 Å². The van der Waals surface area contributed by atoms with Crippen molar-refractivity contribution < 1.29 is 22.3 Å². The van der Waals surface area contributed by atoms with Crippen LogP contribution >= 0.6 is 0 Å². The quantitative estimate of drug-likeness (QED) is 0.775. The average molecular weight is 343 g/mol. The molecule has 0 spiro atoms. The summed E-state index contributed by atoms with van der Waals surface area (Å²) in [5, 5.41) is -0.700. The van der Waals surface area contributed by atoms with Crippen molar-refractivity contribution in [3.63, 3.8) is 0 Å². The zero-order valence-electron chi connectivity index (χ0n) is 13.6. The minimum atomic E-state index is -3.61. The number of hydrogen-bond donors (Lipinski definition) is 0. The standard InChI is InChI=1S/C16H22FNO4S/c1-16(2,3)22-15(19)18-10-4-5-14(11-18)23(20,21)13-8-6-12(17)7-9-13/h6-9,14H,4-5,10-11H2,1-3H3/t14-/m1/s1. The normalized spacial score (nSPS) is 19.5. The third kappa shape index (κ3) is 4.43. The highest BCUT2D eigenvalue weighted by Gasteiger charge is 2.35. The fraction of sp³-hybridized carbons (Fsp3) is 0.562. The van der Waals surface area contributed by atoms with Crippen LogP contribution in [0.25, 0.3) is 0 Å². The number of carbonyl (C=O) groups excluding carboxylic acids is 1. The molecule has 0 bridgehead atoms. The van der Waals surface area contributed by atoms with Crippen molar-refractivity contribution in [1.82, 2.24) is 4.90 Å². The van der Waals surface area contributed by atoms with Gasteiger partial charge in [0.15, 0.2) is 9.84 Å². The Morgan fingerprint density at radius 3 is 2.43 bits per heavy atom. The van der Waals surface area contributed by atoms with E-state index in [9.17, 15) is 17.6 Å². The molecule has 1 amide bonds. The van der Waals surface area contributed by atoms with Gasteiger partial charge in [0.2, 0.25) is 0 Å². The van der Waals surface area contributed by atoms with Crippen LogP contribution in [0.15, 0.2) is 29.2 Å². The number of likely N-dealkylation sites (tertiary alicyclic amines) is 1. The molecule has 7 heteroatoms. The van der Waals surface area contributed by atoms with E-state index in [1.165, 1.54) is 17.0 Å².